The van der Waals surface area contributed by atoms with E-state index in [1.807, 2.05) is 24.3 Å². The van der Waals surface area contributed by atoms with Gasteiger partial charge in [0, 0.05) is 10.7 Å². The van der Waals surface area contributed by atoms with Crippen LogP contribution in [0.25, 0.3) is 0 Å². The van der Waals surface area contributed by atoms with E-state index in [0.717, 1.165) is 29.5 Å². The number of amidine groups is 2. The van der Waals surface area contributed by atoms with Crippen LogP contribution < -0.4 is 4.90 Å². The highest BCUT2D eigenvalue weighted by Gasteiger charge is 2.51. The number of thioether (sulfide) groups is 1. The molecule has 0 unspecified atom stereocenters. The van der Waals surface area contributed by atoms with E-state index < -0.39 is 0 Å². The molecule has 26 heavy (non-hydrogen) atoms. The fraction of sp³-hybridized carbons (Fsp3) is 0.333. The highest BCUT2D eigenvalue weighted by atomic mass is 35.5. The van der Waals surface area contributed by atoms with Gasteiger partial charge in [-0.05, 0) is 55.9 Å². The van der Waals surface area contributed by atoms with Gasteiger partial charge >= 0.3 is 0 Å². The third-order valence-corrected chi connectivity index (χ3v) is 6.12. The fourth-order valence-corrected chi connectivity index (χ4v) is 4.83. The van der Waals surface area contributed by atoms with Crippen LogP contribution in [0.4, 0.5) is 11.4 Å². The van der Waals surface area contributed by atoms with Crippen molar-refractivity contribution in [3.63, 3.8) is 0 Å². The van der Waals surface area contributed by atoms with Crippen molar-refractivity contribution in [2.75, 3.05) is 11.2 Å². The van der Waals surface area contributed by atoms with Crippen molar-refractivity contribution in [1.29, 1.82) is 0 Å². The van der Waals surface area contributed by atoms with Gasteiger partial charge in [-0.25, -0.2) is 9.98 Å². The second-order valence-corrected chi connectivity index (χ2v) is 8.08. The SMILES string of the molecule is CSC1=NC(=Nc2cccc(Cl)c2)C2(CCCC2)N1c1ccccc1C. The molecule has 1 aliphatic carbocycles. The summed E-state index contributed by atoms with van der Waals surface area (Å²) in [5.41, 5.74) is 3.23. The Morgan fingerprint density at radius 1 is 1.12 bits per heavy atom. The average Bonchev–Trinajstić information content (AvgIpc) is 3.23. The molecule has 2 aromatic rings. The van der Waals surface area contributed by atoms with E-state index in [1.54, 1.807) is 11.8 Å². The molecule has 0 radical (unpaired) electrons. The van der Waals surface area contributed by atoms with Gasteiger partial charge in [0.1, 0.15) is 5.54 Å². The molecule has 0 saturated heterocycles. The van der Waals surface area contributed by atoms with Gasteiger partial charge in [0.05, 0.1) is 5.69 Å². The van der Waals surface area contributed by atoms with E-state index in [1.165, 1.54) is 24.1 Å². The minimum absolute atomic E-state index is 0.146. The summed E-state index contributed by atoms with van der Waals surface area (Å²) >= 11 is 7.85. The highest BCUT2D eigenvalue weighted by Crippen LogP contribution is 2.46. The normalized spacial score (nSPS) is 20.2. The Kier molecular flexibility index (Phi) is 4.80. The number of aryl methyl sites for hydroxylation is 1. The standard InChI is InChI=1S/C21H22ClN3S/c1-15-8-3-4-11-18(15)25-20(26-2)24-19(21(25)12-5-6-13-21)23-17-10-7-9-16(22)14-17/h3-4,7-11,14H,5-6,12-13H2,1-2H3. The van der Waals surface area contributed by atoms with Crippen LogP contribution in [0.15, 0.2) is 58.5 Å². The van der Waals surface area contributed by atoms with Gasteiger partial charge in [0.2, 0.25) is 0 Å². The van der Waals surface area contributed by atoms with Crippen LogP contribution in [-0.4, -0.2) is 22.8 Å². The zero-order chi connectivity index (χ0) is 18.1. The van der Waals surface area contributed by atoms with Gasteiger partial charge in [-0.2, -0.15) is 0 Å². The molecule has 1 aliphatic heterocycles. The zero-order valence-corrected chi connectivity index (χ0v) is 16.6. The predicted molar refractivity (Wildman–Crippen MR) is 114 cm³/mol. The molecule has 1 fully saturated rings. The molecule has 2 aliphatic rings. The first-order valence-electron chi connectivity index (χ1n) is 8.97. The van der Waals surface area contributed by atoms with E-state index in [2.05, 4.69) is 42.3 Å². The average molecular weight is 384 g/mol. The van der Waals surface area contributed by atoms with E-state index >= 15 is 0 Å². The molecule has 0 aromatic heterocycles. The van der Waals surface area contributed by atoms with Crippen molar-refractivity contribution >= 4 is 45.7 Å². The van der Waals surface area contributed by atoms with Crippen LogP contribution in [0.5, 0.6) is 0 Å². The Morgan fingerprint density at radius 3 is 2.58 bits per heavy atom. The van der Waals surface area contributed by atoms with Gasteiger partial charge in [-0.3, -0.25) is 0 Å². The molecule has 5 heteroatoms. The number of halogens is 1. The minimum Gasteiger partial charge on any atom is -0.307 e. The van der Waals surface area contributed by atoms with Crippen LogP contribution in [0.3, 0.4) is 0 Å². The van der Waals surface area contributed by atoms with Gasteiger partial charge < -0.3 is 4.90 Å². The lowest BCUT2D eigenvalue weighted by molar-refractivity contribution is 0.592. The third kappa shape index (κ3) is 2.95. The summed E-state index contributed by atoms with van der Waals surface area (Å²) in [5, 5.41) is 1.73. The van der Waals surface area contributed by atoms with E-state index in [9.17, 15) is 0 Å². The molecule has 1 spiro atoms. The largest absolute Gasteiger partial charge is 0.307 e. The summed E-state index contributed by atoms with van der Waals surface area (Å²) in [5.74, 6) is 0.921. The minimum atomic E-state index is -0.146. The van der Waals surface area contributed by atoms with Crippen LogP contribution in [0.2, 0.25) is 5.02 Å². The molecule has 0 bridgehead atoms. The summed E-state index contributed by atoms with van der Waals surface area (Å²) in [4.78, 5) is 12.4. The van der Waals surface area contributed by atoms with Gasteiger partial charge in [-0.1, -0.05) is 60.5 Å². The molecule has 1 saturated carbocycles. The monoisotopic (exact) mass is 383 g/mol. The summed E-state index contributed by atoms with van der Waals surface area (Å²) in [6.45, 7) is 2.17. The maximum absolute atomic E-state index is 6.16. The van der Waals surface area contributed by atoms with Crippen LogP contribution in [0.1, 0.15) is 31.2 Å². The van der Waals surface area contributed by atoms with Gasteiger partial charge in [0.15, 0.2) is 11.0 Å². The molecule has 2 aromatic carbocycles. The molecule has 134 valence electrons. The molecule has 0 amide bonds. The summed E-state index contributed by atoms with van der Waals surface area (Å²) in [6, 6.07) is 16.3. The number of para-hydroxylation sites is 1. The quantitative estimate of drug-likeness (QED) is 0.614. The Labute approximate surface area is 164 Å². The molecular formula is C21H22ClN3S. The van der Waals surface area contributed by atoms with Gasteiger partial charge in [0.25, 0.3) is 0 Å². The maximum atomic E-state index is 6.16. The highest BCUT2D eigenvalue weighted by molar-refractivity contribution is 8.13. The summed E-state index contributed by atoms with van der Waals surface area (Å²) < 4.78 is 0. The summed E-state index contributed by atoms with van der Waals surface area (Å²) in [6.07, 6.45) is 6.65. The number of benzene rings is 2. The second kappa shape index (κ2) is 7.09. The predicted octanol–water partition coefficient (Wildman–Crippen LogP) is 6.23. The number of anilines is 1. The first kappa shape index (κ1) is 17.6. The van der Waals surface area contributed by atoms with E-state index in [4.69, 9.17) is 21.6 Å². The number of hydrogen-bond donors (Lipinski definition) is 0. The van der Waals surface area contributed by atoms with Gasteiger partial charge in [-0.15, -0.1) is 0 Å². The van der Waals surface area contributed by atoms with Crippen LogP contribution >= 0.6 is 23.4 Å². The van der Waals surface area contributed by atoms with Crippen molar-refractivity contribution in [2.45, 2.75) is 38.1 Å². The third-order valence-electron chi connectivity index (χ3n) is 5.25. The molecule has 3 nitrogen and oxygen atoms in total. The van der Waals surface area contributed by atoms with Crippen molar-refractivity contribution in [1.82, 2.24) is 0 Å². The molecule has 0 N–H and O–H groups in total. The second-order valence-electron chi connectivity index (χ2n) is 6.87. The lowest BCUT2D eigenvalue weighted by Gasteiger charge is -2.37. The maximum Gasteiger partial charge on any atom is 0.170 e. The zero-order valence-electron chi connectivity index (χ0n) is 15.1. The number of hydrogen-bond acceptors (Lipinski definition) is 3. The topological polar surface area (TPSA) is 28.0 Å². The first-order chi connectivity index (χ1) is 12.6. The lowest BCUT2D eigenvalue weighted by atomic mass is 9.93. The molecule has 4 rings (SSSR count). The smallest absolute Gasteiger partial charge is 0.170 e. The van der Waals surface area contributed by atoms with E-state index in [-0.39, 0.29) is 5.54 Å². The Bertz CT molecular complexity index is 884. The van der Waals surface area contributed by atoms with Crippen molar-refractivity contribution in [2.24, 2.45) is 9.98 Å². The van der Waals surface area contributed by atoms with E-state index in [0.29, 0.717) is 5.02 Å². The molecule has 1 heterocycles. The van der Waals surface area contributed by atoms with Crippen molar-refractivity contribution < 1.29 is 0 Å². The first-order valence-corrected chi connectivity index (χ1v) is 10.6. The number of aliphatic imine (C=N–C) groups is 2. The number of nitrogens with zero attached hydrogens (tertiary/aromatic N) is 3. The van der Waals surface area contributed by atoms with Crippen molar-refractivity contribution in [3.05, 3.63) is 59.1 Å². The van der Waals surface area contributed by atoms with Crippen LogP contribution in [-0.2, 0) is 0 Å². The lowest BCUT2D eigenvalue weighted by Crippen LogP contribution is -2.49. The fourth-order valence-electron chi connectivity index (χ4n) is 4.02. The Morgan fingerprint density at radius 2 is 1.88 bits per heavy atom. The molecule has 0 atom stereocenters. The number of rotatable bonds is 2. The Hall–Kier alpha value is -1.78. The Balaban J connectivity index is 1.86. The summed E-state index contributed by atoms with van der Waals surface area (Å²) in [7, 11) is 0. The van der Waals surface area contributed by atoms with Crippen molar-refractivity contribution in [3.8, 4) is 0 Å². The molecular weight excluding hydrogens is 362 g/mol. The van der Waals surface area contributed by atoms with Crippen LogP contribution in [0, 0.1) is 6.92 Å².